The highest BCUT2D eigenvalue weighted by Crippen LogP contribution is 2.20. The third-order valence-electron chi connectivity index (χ3n) is 4.23. The number of anilines is 1. The van der Waals surface area contributed by atoms with Gasteiger partial charge in [-0.2, -0.15) is 0 Å². The first-order chi connectivity index (χ1) is 14.4. The number of amides is 3. The van der Waals surface area contributed by atoms with Gasteiger partial charge < -0.3 is 20.3 Å². The van der Waals surface area contributed by atoms with Gasteiger partial charge in [0.25, 0.3) is 5.91 Å². The van der Waals surface area contributed by atoms with Gasteiger partial charge >= 0.3 is 6.09 Å². The van der Waals surface area contributed by atoms with E-state index in [-0.39, 0.29) is 24.9 Å². The monoisotopic (exact) mass is 489 g/mol. The number of likely N-dealkylation sites (N-methyl/N-ethyl adjacent to an activating group) is 1. The summed E-state index contributed by atoms with van der Waals surface area (Å²) in [6, 6.07) is 12.4. The van der Waals surface area contributed by atoms with Crippen LogP contribution in [0.4, 0.5) is 10.5 Å². The van der Waals surface area contributed by atoms with Crippen molar-refractivity contribution in [2.75, 3.05) is 18.9 Å². The number of nitrogens with zero attached hydrogens (tertiary/aromatic N) is 1. The highest BCUT2D eigenvalue weighted by Gasteiger charge is 2.17. The van der Waals surface area contributed by atoms with Crippen LogP contribution in [0.1, 0.15) is 42.3 Å². The Hall–Kier alpha value is -2.87. The maximum Gasteiger partial charge on any atom is 0.407 e. The van der Waals surface area contributed by atoms with Gasteiger partial charge in [-0.15, -0.1) is 0 Å². The lowest BCUT2D eigenvalue weighted by Crippen LogP contribution is -2.35. The molecule has 166 valence electrons. The summed E-state index contributed by atoms with van der Waals surface area (Å²) in [6.45, 7) is 7.50. The molecule has 0 bridgehead atoms. The van der Waals surface area contributed by atoms with E-state index in [0.717, 1.165) is 15.6 Å². The average molecular weight is 490 g/mol. The second-order valence-electron chi connectivity index (χ2n) is 8.22. The Balaban J connectivity index is 1.89. The SMILES string of the molecule is Cc1cc(Br)ccc1NC(=O)CN(C)C(=O)c1ccc(CNC(=O)OC(C)(C)C)cc1. The third-order valence-corrected chi connectivity index (χ3v) is 4.72. The van der Waals surface area contributed by atoms with E-state index in [2.05, 4.69) is 26.6 Å². The molecule has 0 fully saturated rings. The van der Waals surface area contributed by atoms with E-state index in [0.29, 0.717) is 11.3 Å². The molecule has 2 aromatic rings. The highest BCUT2D eigenvalue weighted by atomic mass is 79.9. The Morgan fingerprint density at radius 3 is 2.29 bits per heavy atom. The van der Waals surface area contributed by atoms with Crippen molar-refractivity contribution in [1.29, 1.82) is 0 Å². The van der Waals surface area contributed by atoms with Gasteiger partial charge in [0.05, 0.1) is 6.54 Å². The highest BCUT2D eigenvalue weighted by molar-refractivity contribution is 9.10. The lowest BCUT2D eigenvalue weighted by Gasteiger charge is -2.20. The molecule has 0 saturated heterocycles. The van der Waals surface area contributed by atoms with Crippen molar-refractivity contribution in [2.24, 2.45) is 0 Å². The molecule has 2 N–H and O–H groups in total. The van der Waals surface area contributed by atoms with Crippen LogP contribution in [0.25, 0.3) is 0 Å². The number of halogens is 1. The summed E-state index contributed by atoms with van der Waals surface area (Å²) in [5.74, 6) is -0.547. The van der Waals surface area contributed by atoms with Crippen LogP contribution in [-0.4, -0.2) is 42.0 Å². The van der Waals surface area contributed by atoms with Crippen LogP contribution >= 0.6 is 15.9 Å². The van der Waals surface area contributed by atoms with E-state index in [1.54, 1.807) is 52.1 Å². The minimum Gasteiger partial charge on any atom is -0.444 e. The Morgan fingerprint density at radius 1 is 1.06 bits per heavy atom. The molecule has 3 amide bonds. The van der Waals surface area contributed by atoms with Gasteiger partial charge in [0, 0.05) is 29.3 Å². The van der Waals surface area contributed by atoms with Gasteiger partial charge in [-0.05, 0) is 69.2 Å². The molecule has 0 unspecified atom stereocenters. The van der Waals surface area contributed by atoms with Crippen molar-refractivity contribution in [3.05, 3.63) is 63.6 Å². The predicted molar refractivity (Wildman–Crippen MR) is 124 cm³/mol. The van der Waals surface area contributed by atoms with Gasteiger partial charge in [-0.3, -0.25) is 9.59 Å². The summed E-state index contributed by atoms with van der Waals surface area (Å²) in [5.41, 5.74) is 2.35. The topological polar surface area (TPSA) is 87.7 Å². The van der Waals surface area contributed by atoms with Crippen LogP contribution in [0.3, 0.4) is 0 Å². The van der Waals surface area contributed by atoms with Crippen LogP contribution < -0.4 is 10.6 Å². The third kappa shape index (κ3) is 8.05. The summed E-state index contributed by atoms with van der Waals surface area (Å²) in [7, 11) is 1.58. The van der Waals surface area contributed by atoms with Crippen LogP contribution in [0.2, 0.25) is 0 Å². The second-order valence-corrected chi connectivity index (χ2v) is 9.14. The van der Waals surface area contributed by atoms with Crippen molar-refractivity contribution in [2.45, 2.75) is 39.8 Å². The Bertz CT molecular complexity index is 952. The van der Waals surface area contributed by atoms with Crippen molar-refractivity contribution in [1.82, 2.24) is 10.2 Å². The number of alkyl carbamates (subject to hydrolysis) is 1. The summed E-state index contributed by atoms with van der Waals surface area (Å²) in [5, 5.41) is 5.49. The van der Waals surface area contributed by atoms with E-state index in [1.165, 1.54) is 4.90 Å². The molecule has 0 heterocycles. The van der Waals surface area contributed by atoms with E-state index in [9.17, 15) is 14.4 Å². The van der Waals surface area contributed by atoms with Crippen molar-refractivity contribution >= 4 is 39.5 Å². The van der Waals surface area contributed by atoms with E-state index in [1.807, 2.05) is 25.1 Å². The molecular formula is C23H28BrN3O4. The first-order valence-corrected chi connectivity index (χ1v) is 10.6. The fraction of sp³-hybridized carbons (Fsp3) is 0.348. The molecule has 8 heteroatoms. The van der Waals surface area contributed by atoms with E-state index < -0.39 is 11.7 Å². The molecular weight excluding hydrogens is 462 g/mol. The number of nitrogens with one attached hydrogen (secondary N) is 2. The molecule has 31 heavy (non-hydrogen) atoms. The van der Waals surface area contributed by atoms with Gasteiger partial charge in [-0.1, -0.05) is 28.1 Å². The largest absolute Gasteiger partial charge is 0.444 e. The number of hydrogen-bond acceptors (Lipinski definition) is 4. The Kier molecular flexibility index (Phi) is 8.21. The van der Waals surface area contributed by atoms with Crippen LogP contribution in [0.5, 0.6) is 0 Å². The van der Waals surface area contributed by atoms with Gasteiger partial charge in [0.2, 0.25) is 5.91 Å². The summed E-state index contributed by atoms with van der Waals surface area (Å²) in [4.78, 5) is 38.0. The summed E-state index contributed by atoms with van der Waals surface area (Å²) >= 11 is 3.39. The molecule has 7 nitrogen and oxygen atoms in total. The lowest BCUT2D eigenvalue weighted by atomic mass is 10.1. The fourth-order valence-corrected chi connectivity index (χ4v) is 3.19. The van der Waals surface area contributed by atoms with E-state index >= 15 is 0 Å². The molecule has 0 aliphatic rings. The zero-order valence-corrected chi connectivity index (χ0v) is 20.0. The van der Waals surface area contributed by atoms with Gasteiger partial charge in [0.1, 0.15) is 5.60 Å². The maximum absolute atomic E-state index is 12.6. The Labute approximate surface area is 191 Å². The number of benzene rings is 2. The first-order valence-electron chi connectivity index (χ1n) is 9.82. The zero-order chi connectivity index (χ0) is 23.2. The van der Waals surface area contributed by atoms with Crippen molar-refractivity contribution in [3.8, 4) is 0 Å². The smallest absolute Gasteiger partial charge is 0.407 e. The Morgan fingerprint density at radius 2 is 1.71 bits per heavy atom. The van der Waals surface area contributed by atoms with Crippen LogP contribution in [-0.2, 0) is 16.1 Å². The quantitative estimate of drug-likeness (QED) is 0.625. The average Bonchev–Trinajstić information content (AvgIpc) is 2.67. The lowest BCUT2D eigenvalue weighted by molar-refractivity contribution is -0.116. The molecule has 0 aliphatic carbocycles. The minimum absolute atomic E-state index is 0.0731. The second kappa shape index (κ2) is 10.4. The number of carbonyl (C=O) groups excluding carboxylic acids is 3. The zero-order valence-electron chi connectivity index (χ0n) is 18.4. The molecule has 0 atom stereocenters. The number of rotatable bonds is 6. The molecule has 2 rings (SSSR count). The molecule has 0 aromatic heterocycles. The number of hydrogen-bond donors (Lipinski definition) is 2. The maximum atomic E-state index is 12.6. The summed E-state index contributed by atoms with van der Waals surface area (Å²) in [6.07, 6.45) is -0.501. The predicted octanol–water partition coefficient (Wildman–Crippen LogP) is 4.49. The molecule has 0 spiro atoms. The number of aryl methyl sites for hydroxylation is 1. The summed E-state index contributed by atoms with van der Waals surface area (Å²) < 4.78 is 6.13. The fourth-order valence-electron chi connectivity index (χ4n) is 2.72. The normalized spacial score (nSPS) is 10.9. The molecule has 2 aromatic carbocycles. The van der Waals surface area contributed by atoms with E-state index in [4.69, 9.17) is 4.74 Å². The van der Waals surface area contributed by atoms with Crippen molar-refractivity contribution < 1.29 is 19.1 Å². The number of ether oxygens (including phenoxy) is 1. The van der Waals surface area contributed by atoms with Crippen LogP contribution in [0.15, 0.2) is 46.9 Å². The first kappa shape index (κ1) is 24.4. The van der Waals surface area contributed by atoms with Crippen LogP contribution in [0, 0.1) is 6.92 Å². The van der Waals surface area contributed by atoms with Gasteiger partial charge in [0.15, 0.2) is 0 Å². The molecule has 0 aliphatic heterocycles. The van der Waals surface area contributed by atoms with Crippen molar-refractivity contribution in [3.63, 3.8) is 0 Å². The molecule has 0 saturated carbocycles. The minimum atomic E-state index is -0.562. The standard InChI is InChI=1S/C23H28BrN3O4/c1-15-12-18(24)10-11-19(15)26-20(28)14-27(5)21(29)17-8-6-16(7-9-17)13-25-22(30)31-23(2,3)4/h6-12H,13-14H2,1-5H3,(H,25,30)(H,26,28). The van der Waals surface area contributed by atoms with Gasteiger partial charge in [-0.25, -0.2) is 4.79 Å². The molecule has 0 radical (unpaired) electrons. The number of carbonyl (C=O) groups is 3.